The Hall–Kier alpha value is -3.25. The fraction of sp³-hybridized carbons (Fsp3) is 0.391. The van der Waals surface area contributed by atoms with Gasteiger partial charge < -0.3 is 15.0 Å². The summed E-state index contributed by atoms with van der Waals surface area (Å²) in [5.41, 5.74) is 0.921. The fourth-order valence-electron chi connectivity index (χ4n) is 4.11. The maximum Gasteiger partial charge on any atom is 0.308 e. The lowest BCUT2D eigenvalue weighted by atomic mass is 10.1. The van der Waals surface area contributed by atoms with Crippen molar-refractivity contribution in [2.75, 3.05) is 25.1 Å². The standard InChI is InChI=1S/C23H25N5O5S2/c1-12(2)28-22(32)16(35-23(28)34)10-14-19(25-18-13(3)6-5-8-27(18)21(14)31)26-9-7-24-20(30)15(26)11-17(29)33-4/h5-6,8,10,12,15H,7,9,11H2,1-4H3,(H,24,30)/b16-10-/t15-/m0/s1. The van der Waals surface area contributed by atoms with Crippen molar-refractivity contribution in [2.24, 2.45) is 0 Å². The van der Waals surface area contributed by atoms with Crippen LogP contribution in [-0.4, -0.2) is 68.7 Å². The first-order valence-corrected chi connectivity index (χ1v) is 12.3. The van der Waals surface area contributed by atoms with Crippen molar-refractivity contribution in [3.8, 4) is 0 Å². The van der Waals surface area contributed by atoms with Crippen LogP contribution in [0.3, 0.4) is 0 Å². The highest BCUT2D eigenvalue weighted by Crippen LogP contribution is 2.35. The van der Waals surface area contributed by atoms with Gasteiger partial charge in [-0.2, -0.15) is 0 Å². The summed E-state index contributed by atoms with van der Waals surface area (Å²) in [5, 5.41) is 2.75. The van der Waals surface area contributed by atoms with E-state index in [1.807, 2.05) is 26.8 Å². The molecule has 2 aromatic heterocycles. The van der Waals surface area contributed by atoms with E-state index in [0.29, 0.717) is 28.0 Å². The van der Waals surface area contributed by atoms with Crippen LogP contribution in [0.4, 0.5) is 5.82 Å². The van der Waals surface area contributed by atoms with Crippen LogP contribution in [0, 0.1) is 6.92 Å². The van der Waals surface area contributed by atoms with Gasteiger partial charge in [-0.15, -0.1) is 0 Å². The molecule has 0 spiro atoms. The van der Waals surface area contributed by atoms with Gasteiger partial charge in [0.05, 0.1) is 24.0 Å². The number of aromatic nitrogens is 2. The highest BCUT2D eigenvalue weighted by molar-refractivity contribution is 8.26. The summed E-state index contributed by atoms with van der Waals surface area (Å²) in [6.45, 7) is 6.17. The number of carbonyl (C=O) groups excluding carboxylic acids is 3. The van der Waals surface area contributed by atoms with Gasteiger partial charge >= 0.3 is 5.97 Å². The SMILES string of the molecule is COC(=O)C[C@H]1C(=O)NCCN1c1nc2c(C)cccn2c(=O)c1/C=C1\SC(=S)N(C(C)C)C1=O. The second kappa shape index (κ2) is 9.78. The Kier molecular flexibility index (Phi) is 6.95. The Bertz CT molecular complexity index is 1340. The van der Waals surface area contributed by atoms with Crippen LogP contribution in [0.5, 0.6) is 0 Å². The highest BCUT2D eigenvalue weighted by atomic mass is 32.2. The first kappa shape index (κ1) is 24.9. The zero-order valence-corrected chi connectivity index (χ0v) is 21.4. The second-order valence-electron chi connectivity index (χ2n) is 8.46. The van der Waals surface area contributed by atoms with Crippen molar-refractivity contribution in [2.45, 2.75) is 39.3 Å². The van der Waals surface area contributed by atoms with Crippen molar-refractivity contribution in [1.82, 2.24) is 19.6 Å². The molecule has 0 unspecified atom stereocenters. The molecular formula is C23H25N5O5S2. The minimum Gasteiger partial charge on any atom is -0.469 e. The van der Waals surface area contributed by atoms with Gasteiger partial charge in [0.15, 0.2) is 0 Å². The van der Waals surface area contributed by atoms with Crippen LogP contribution in [0.1, 0.15) is 31.4 Å². The second-order valence-corrected chi connectivity index (χ2v) is 10.1. The molecule has 12 heteroatoms. The number of rotatable bonds is 5. The number of fused-ring (bicyclic) bond motifs is 1. The van der Waals surface area contributed by atoms with E-state index < -0.39 is 17.6 Å². The lowest BCUT2D eigenvalue weighted by molar-refractivity contribution is -0.143. The van der Waals surface area contributed by atoms with Gasteiger partial charge in [-0.05, 0) is 38.5 Å². The van der Waals surface area contributed by atoms with Crippen LogP contribution in [0.15, 0.2) is 28.0 Å². The molecule has 0 aromatic carbocycles. The number of nitrogens with one attached hydrogen (secondary N) is 1. The number of thiocarbonyl (C=S) groups is 1. The monoisotopic (exact) mass is 515 g/mol. The topological polar surface area (TPSA) is 113 Å². The van der Waals surface area contributed by atoms with Crippen molar-refractivity contribution < 1.29 is 19.1 Å². The first-order valence-electron chi connectivity index (χ1n) is 11.0. The normalized spacial score (nSPS) is 19.7. The summed E-state index contributed by atoms with van der Waals surface area (Å²) in [6.07, 6.45) is 2.88. The van der Waals surface area contributed by atoms with Gasteiger partial charge in [0.2, 0.25) is 5.91 Å². The van der Waals surface area contributed by atoms with Crippen LogP contribution >= 0.6 is 24.0 Å². The van der Waals surface area contributed by atoms with Crippen molar-refractivity contribution in [3.05, 3.63) is 44.7 Å². The third-order valence-electron chi connectivity index (χ3n) is 5.87. The molecule has 2 amide bonds. The molecule has 2 aliphatic heterocycles. The molecule has 0 saturated carbocycles. The Balaban J connectivity index is 1.94. The van der Waals surface area contributed by atoms with Crippen LogP contribution in [-0.2, 0) is 19.1 Å². The van der Waals surface area contributed by atoms with Gasteiger partial charge in [0.25, 0.3) is 11.5 Å². The number of esters is 1. The number of thioether (sulfide) groups is 1. The Morgan fingerprint density at radius 1 is 1.37 bits per heavy atom. The largest absolute Gasteiger partial charge is 0.469 e. The van der Waals surface area contributed by atoms with Gasteiger partial charge in [0, 0.05) is 25.3 Å². The lowest BCUT2D eigenvalue weighted by Gasteiger charge is -2.36. The minimum atomic E-state index is -0.924. The number of carbonyl (C=O) groups is 3. The van der Waals surface area contributed by atoms with E-state index in [0.717, 1.165) is 17.3 Å². The summed E-state index contributed by atoms with van der Waals surface area (Å²) in [4.78, 5) is 59.8. The molecule has 35 heavy (non-hydrogen) atoms. The van der Waals surface area contributed by atoms with Crippen LogP contribution < -0.4 is 15.8 Å². The fourth-order valence-corrected chi connectivity index (χ4v) is 5.62. The highest BCUT2D eigenvalue weighted by Gasteiger charge is 2.37. The van der Waals surface area contributed by atoms with Crippen molar-refractivity contribution >= 4 is 63.6 Å². The summed E-state index contributed by atoms with van der Waals surface area (Å²) >= 11 is 6.49. The molecule has 2 aliphatic rings. The molecule has 10 nitrogen and oxygen atoms in total. The van der Waals surface area contributed by atoms with E-state index in [1.165, 1.54) is 22.5 Å². The molecule has 4 rings (SSSR count). The molecule has 2 aromatic rings. The Morgan fingerprint density at radius 3 is 2.77 bits per heavy atom. The first-order chi connectivity index (χ1) is 16.6. The zero-order chi connectivity index (χ0) is 25.4. The van der Waals surface area contributed by atoms with E-state index in [2.05, 4.69) is 5.32 Å². The molecule has 0 radical (unpaired) electrons. The van der Waals surface area contributed by atoms with Gasteiger partial charge in [0.1, 0.15) is 21.8 Å². The number of hydrogen-bond donors (Lipinski definition) is 1. The average Bonchev–Trinajstić information content (AvgIpc) is 3.10. The molecule has 1 N–H and O–H groups in total. The van der Waals surface area contributed by atoms with Crippen LogP contribution in [0.2, 0.25) is 0 Å². The number of methoxy groups -OCH3 is 1. The lowest BCUT2D eigenvalue weighted by Crippen LogP contribution is -2.57. The van der Waals surface area contributed by atoms with E-state index in [-0.39, 0.29) is 35.7 Å². The maximum atomic E-state index is 13.7. The molecule has 2 saturated heterocycles. The van der Waals surface area contributed by atoms with E-state index in [9.17, 15) is 19.2 Å². The quantitative estimate of drug-likeness (QED) is 0.359. The van der Waals surface area contributed by atoms with Crippen molar-refractivity contribution in [1.29, 1.82) is 0 Å². The molecule has 0 aliphatic carbocycles. The molecule has 1 atom stereocenters. The average molecular weight is 516 g/mol. The molecule has 184 valence electrons. The summed E-state index contributed by atoms with van der Waals surface area (Å²) in [5.74, 6) is -1.00. The molecular weight excluding hydrogens is 490 g/mol. The molecule has 4 heterocycles. The summed E-state index contributed by atoms with van der Waals surface area (Å²) < 4.78 is 6.60. The zero-order valence-electron chi connectivity index (χ0n) is 19.7. The minimum absolute atomic E-state index is 0.137. The number of aryl methyl sites for hydroxylation is 1. The van der Waals surface area contributed by atoms with Crippen molar-refractivity contribution in [3.63, 3.8) is 0 Å². The number of pyridine rings is 1. The van der Waals surface area contributed by atoms with Gasteiger partial charge in [-0.3, -0.25) is 28.5 Å². The number of piperazine rings is 1. The van der Waals surface area contributed by atoms with E-state index in [4.69, 9.17) is 21.9 Å². The summed E-state index contributed by atoms with van der Waals surface area (Å²) in [6, 6.07) is 2.50. The molecule has 2 fully saturated rings. The Labute approximate surface area is 211 Å². The van der Waals surface area contributed by atoms with Gasteiger partial charge in [-0.1, -0.05) is 30.0 Å². The Morgan fingerprint density at radius 2 is 2.11 bits per heavy atom. The number of anilines is 1. The summed E-state index contributed by atoms with van der Waals surface area (Å²) in [7, 11) is 1.25. The molecule has 0 bridgehead atoms. The van der Waals surface area contributed by atoms with E-state index in [1.54, 1.807) is 17.2 Å². The number of nitrogens with zero attached hydrogens (tertiary/aromatic N) is 4. The number of amides is 2. The predicted octanol–water partition coefficient (Wildman–Crippen LogP) is 1.48. The third-order valence-corrected chi connectivity index (χ3v) is 7.20. The van der Waals surface area contributed by atoms with E-state index >= 15 is 0 Å². The third kappa shape index (κ3) is 4.55. The predicted molar refractivity (Wildman–Crippen MR) is 137 cm³/mol. The number of hydrogen-bond acceptors (Lipinski definition) is 9. The van der Waals surface area contributed by atoms with Gasteiger partial charge in [-0.25, -0.2) is 4.98 Å². The van der Waals surface area contributed by atoms with Crippen LogP contribution in [0.25, 0.3) is 11.7 Å². The number of ether oxygens (including phenoxy) is 1. The maximum absolute atomic E-state index is 13.7. The smallest absolute Gasteiger partial charge is 0.308 e.